The molecule has 0 amide bonds. The van der Waals surface area contributed by atoms with E-state index in [1.54, 1.807) is 31.2 Å². The van der Waals surface area contributed by atoms with E-state index < -0.39 is 5.79 Å². The SMILES string of the molecule is COc1cc2c(c(O)c1C)C(=O)C[C@@](O)(c1ccccc1)O2. The number of ether oxygens (including phenoxy) is 2. The topological polar surface area (TPSA) is 76.0 Å². The molecule has 0 aromatic heterocycles. The van der Waals surface area contributed by atoms with Gasteiger partial charge in [0.15, 0.2) is 5.78 Å². The highest BCUT2D eigenvalue weighted by atomic mass is 16.6. The number of benzene rings is 2. The molecule has 0 fully saturated rings. The van der Waals surface area contributed by atoms with Gasteiger partial charge in [-0.1, -0.05) is 30.3 Å². The van der Waals surface area contributed by atoms with Crippen molar-refractivity contribution in [1.29, 1.82) is 0 Å². The number of aliphatic hydroxyl groups is 1. The predicted octanol–water partition coefficient (Wildman–Crippen LogP) is 2.52. The Bertz CT molecular complexity index is 738. The zero-order valence-electron chi connectivity index (χ0n) is 12.3. The van der Waals surface area contributed by atoms with Gasteiger partial charge < -0.3 is 19.7 Å². The lowest BCUT2D eigenvalue weighted by molar-refractivity contribution is -0.147. The Morgan fingerprint density at radius 1 is 1.27 bits per heavy atom. The number of Topliss-reactive ketones (excluding diaryl/α,β-unsaturated/α-hetero) is 1. The summed E-state index contributed by atoms with van der Waals surface area (Å²) >= 11 is 0. The van der Waals surface area contributed by atoms with Crippen molar-refractivity contribution in [1.82, 2.24) is 0 Å². The van der Waals surface area contributed by atoms with Gasteiger partial charge in [-0.15, -0.1) is 0 Å². The van der Waals surface area contributed by atoms with Crippen LogP contribution in [-0.2, 0) is 5.79 Å². The van der Waals surface area contributed by atoms with Crippen LogP contribution in [0.1, 0.15) is 27.9 Å². The number of phenols is 1. The Balaban J connectivity index is 2.14. The van der Waals surface area contributed by atoms with Gasteiger partial charge in [0.05, 0.1) is 13.5 Å². The largest absolute Gasteiger partial charge is 0.507 e. The van der Waals surface area contributed by atoms with E-state index in [0.29, 0.717) is 16.9 Å². The Labute approximate surface area is 127 Å². The van der Waals surface area contributed by atoms with E-state index in [1.165, 1.54) is 13.2 Å². The van der Waals surface area contributed by atoms with Gasteiger partial charge in [-0.25, -0.2) is 0 Å². The first-order valence-electron chi connectivity index (χ1n) is 6.87. The highest BCUT2D eigenvalue weighted by Gasteiger charge is 2.42. The summed E-state index contributed by atoms with van der Waals surface area (Å²) in [6.45, 7) is 1.65. The van der Waals surface area contributed by atoms with Gasteiger partial charge in [0.1, 0.15) is 22.8 Å². The quantitative estimate of drug-likeness (QED) is 0.891. The second-order valence-corrected chi connectivity index (χ2v) is 5.28. The molecule has 1 aliphatic heterocycles. The standard InChI is InChI=1S/C17H16O5/c1-10-13(21-2)8-14-15(16(10)19)12(18)9-17(20,22-14)11-6-4-3-5-7-11/h3-8,19-20H,9H2,1-2H3/t17-/m0/s1. The fourth-order valence-corrected chi connectivity index (χ4v) is 2.67. The maximum atomic E-state index is 12.4. The molecule has 0 aliphatic carbocycles. The number of aromatic hydroxyl groups is 1. The Kier molecular flexibility index (Phi) is 3.30. The molecule has 2 aromatic carbocycles. The van der Waals surface area contributed by atoms with Gasteiger partial charge in [-0.2, -0.15) is 0 Å². The molecule has 0 bridgehead atoms. The van der Waals surface area contributed by atoms with Gasteiger partial charge in [0, 0.05) is 17.2 Å². The van der Waals surface area contributed by atoms with Crippen LogP contribution >= 0.6 is 0 Å². The number of hydrogen-bond acceptors (Lipinski definition) is 5. The van der Waals surface area contributed by atoms with Crippen molar-refractivity contribution in [2.75, 3.05) is 7.11 Å². The Morgan fingerprint density at radius 2 is 1.95 bits per heavy atom. The van der Waals surface area contributed by atoms with E-state index in [1.807, 2.05) is 6.07 Å². The number of methoxy groups -OCH3 is 1. The first-order valence-corrected chi connectivity index (χ1v) is 6.87. The average Bonchev–Trinajstić information content (AvgIpc) is 2.51. The average molecular weight is 300 g/mol. The zero-order chi connectivity index (χ0) is 15.9. The molecule has 0 unspecified atom stereocenters. The summed E-state index contributed by atoms with van der Waals surface area (Å²) in [7, 11) is 1.46. The van der Waals surface area contributed by atoms with Crippen LogP contribution in [0.5, 0.6) is 17.2 Å². The summed E-state index contributed by atoms with van der Waals surface area (Å²) in [6, 6.07) is 10.2. The monoisotopic (exact) mass is 300 g/mol. The van der Waals surface area contributed by atoms with Crippen molar-refractivity contribution < 1.29 is 24.5 Å². The van der Waals surface area contributed by atoms with Crippen LogP contribution < -0.4 is 9.47 Å². The fraction of sp³-hybridized carbons (Fsp3) is 0.235. The lowest BCUT2D eigenvalue weighted by Gasteiger charge is -2.34. The third kappa shape index (κ3) is 2.10. The van der Waals surface area contributed by atoms with Crippen molar-refractivity contribution >= 4 is 5.78 Å². The number of hydrogen-bond donors (Lipinski definition) is 2. The van der Waals surface area contributed by atoms with Crippen molar-refractivity contribution in [2.45, 2.75) is 19.1 Å². The summed E-state index contributed by atoms with van der Waals surface area (Å²) in [5, 5.41) is 20.9. The van der Waals surface area contributed by atoms with Gasteiger partial charge in [-0.05, 0) is 6.92 Å². The maximum Gasteiger partial charge on any atom is 0.242 e. The molecule has 1 heterocycles. The first kappa shape index (κ1) is 14.4. The molecule has 3 rings (SSSR count). The fourth-order valence-electron chi connectivity index (χ4n) is 2.67. The molecular formula is C17H16O5. The lowest BCUT2D eigenvalue weighted by atomic mass is 9.91. The van der Waals surface area contributed by atoms with Crippen LogP contribution in [0.4, 0.5) is 0 Å². The number of ketones is 1. The van der Waals surface area contributed by atoms with Crippen molar-refractivity contribution in [3.05, 3.63) is 53.1 Å². The molecule has 5 nitrogen and oxygen atoms in total. The van der Waals surface area contributed by atoms with Gasteiger partial charge >= 0.3 is 0 Å². The summed E-state index contributed by atoms with van der Waals surface area (Å²) in [4.78, 5) is 12.4. The molecule has 5 heteroatoms. The number of fused-ring (bicyclic) bond motifs is 1. The second-order valence-electron chi connectivity index (χ2n) is 5.28. The Morgan fingerprint density at radius 3 is 2.59 bits per heavy atom. The number of phenolic OH excluding ortho intramolecular Hbond substituents is 1. The molecule has 1 atom stereocenters. The molecule has 0 saturated carbocycles. The lowest BCUT2D eigenvalue weighted by Crippen LogP contribution is -2.39. The summed E-state index contributed by atoms with van der Waals surface area (Å²) in [5.74, 6) is -1.80. The van der Waals surface area contributed by atoms with Crippen LogP contribution in [-0.4, -0.2) is 23.1 Å². The van der Waals surface area contributed by atoms with Crippen molar-refractivity contribution in [3.8, 4) is 17.2 Å². The maximum absolute atomic E-state index is 12.4. The third-order valence-electron chi connectivity index (χ3n) is 3.87. The molecule has 0 spiro atoms. The molecule has 2 aromatic rings. The summed E-state index contributed by atoms with van der Waals surface area (Å²) in [6.07, 6.45) is -0.261. The Hall–Kier alpha value is -2.53. The molecule has 0 radical (unpaired) electrons. The smallest absolute Gasteiger partial charge is 0.242 e. The van der Waals surface area contributed by atoms with E-state index in [9.17, 15) is 15.0 Å². The molecule has 2 N–H and O–H groups in total. The third-order valence-corrected chi connectivity index (χ3v) is 3.87. The normalized spacial score (nSPS) is 20.2. The van der Waals surface area contributed by atoms with Crippen LogP contribution in [0.15, 0.2) is 36.4 Å². The molecule has 22 heavy (non-hydrogen) atoms. The molecule has 1 aliphatic rings. The van der Waals surface area contributed by atoms with E-state index >= 15 is 0 Å². The highest BCUT2D eigenvalue weighted by Crippen LogP contribution is 2.45. The second kappa shape index (κ2) is 5.03. The van der Waals surface area contributed by atoms with E-state index in [0.717, 1.165) is 0 Å². The van der Waals surface area contributed by atoms with Gasteiger partial charge in [0.2, 0.25) is 5.79 Å². The minimum Gasteiger partial charge on any atom is -0.507 e. The minimum atomic E-state index is -1.75. The van der Waals surface area contributed by atoms with Crippen molar-refractivity contribution in [2.24, 2.45) is 0 Å². The van der Waals surface area contributed by atoms with Crippen LogP contribution in [0.3, 0.4) is 0 Å². The number of carbonyl (C=O) groups is 1. The van der Waals surface area contributed by atoms with E-state index in [2.05, 4.69) is 0 Å². The zero-order valence-corrected chi connectivity index (χ0v) is 12.3. The molecule has 0 saturated heterocycles. The van der Waals surface area contributed by atoms with E-state index in [4.69, 9.17) is 9.47 Å². The first-order chi connectivity index (χ1) is 10.5. The van der Waals surface area contributed by atoms with Crippen LogP contribution in [0, 0.1) is 6.92 Å². The predicted molar refractivity (Wildman–Crippen MR) is 79.3 cm³/mol. The van der Waals surface area contributed by atoms with Gasteiger partial charge in [-0.3, -0.25) is 4.79 Å². The number of rotatable bonds is 2. The number of carbonyl (C=O) groups excluding carboxylic acids is 1. The van der Waals surface area contributed by atoms with Crippen LogP contribution in [0.25, 0.3) is 0 Å². The van der Waals surface area contributed by atoms with Crippen LogP contribution in [0.2, 0.25) is 0 Å². The van der Waals surface area contributed by atoms with Gasteiger partial charge in [0.25, 0.3) is 0 Å². The molecule has 114 valence electrons. The summed E-state index contributed by atoms with van der Waals surface area (Å²) < 4.78 is 10.8. The highest BCUT2D eigenvalue weighted by molar-refractivity contribution is 6.03. The molecular weight excluding hydrogens is 284 g/mol. The minimum absolute atomic E-state index is 0.0823. The van der Waals surface area contributed by atoms with Crippen molar-refractivity contribution in [3.63, 3.8) is 0 Å². The van der Waals surface area contributed by atoms with E-state index in [-0.39, 0.29) is 29.3 Å². The summed E-state index contributed by atoms with van der Waals surface area (Å²) in [5.41, 5.74) is 1.02.